The number of ether oxygens (including phenoxy) is 1. The second kappa shape index (κ2) is 10.8. The normalized spacial score (nSPS) is 11.1. The quantitative estimate of drug-likeness (QED) is 0.490. The van der Waals surface area contributed by atoms with Crippen LogP contribution in [0.25, 0.3) is 0 Å². The summed E-state index contributed by atoms with van der Waals surface area (Å²) < 4.78 is 32.3. The van der Waals surface area contributed by atoms with E-state index in [4.69, 9.17) is 21.4 Å². The van der Waals surface area contributed by atoms with Crippen molar-refractivity contribution in [3.05, 3.63) is 59.1 Å². The van der Waals surface area contributed by atoms with Crippen LogP contribution in [0.1, 0.15) is 12.0 Å². The molecule has 29 heavy (non-hydrogen) atoms. The molecule has 0 aliphatic heterocycles. The van der Waals surface area contributed by atoms with Crippen LogP contribution < -0.4 is 14.8 Å². The fourth-order valence-electron chi connectivity index (χ4n) is 2.29. The van der Waals surface area contributed by atoms with Crippen LogP contribution in [-0.4, -0.2) is 45.1 Å². The van der Waals surface area contributed by atoms with Crippen LogP contribution in [0.15, 0.2) is 53.4 Å². The van der Waals surface area contributed by atoms with Crippen LogP contribution in [0, 0.1) is 0 Å². The lowest BCUT2D eigenvalue weighted by molar-refractivity contribution is -0.137. The van der Waals surface area contributed by atoms with Crippen molar-refractivity contribution in [2.24, 2.45) is 0 Å². The third kappa shape index (κ3) is 8.10. The van der Waals surface area contributed by atoms with E-state index in [9.17, 15) is 18.0 Å². The molecule has 156 valence electrons. The third-order valence-electron chi connectivity index (χ3n) is 3.78. The number of hydrogen-bond donors (Lipinski definition) is 3. The molecule has 0 aliphatic rings. The number of rotatable bonds is 11. The molecule has 8 nitrogen and oxygen atoms in total. The van der Waals surface area contributed by atoms with Crippen molar-refractivity contribution >= 4 is 33.5 Å². The summed E-state index contributed by atoms with van der Waals surface area (Å²) in [6, 6.07) is 12.8. The van der Waals surface area contributed by atoms with E-state index in [0.29, 0.717) is 17.2 Å². The van der Waals surface area contributed by atoms with Gasteiger partial charge in [0.15, 0.2) is 6.61 Å². The van der Waals surface area contributed by atoms with Gasteiger partial charge in [0.25, 0.3) is 5.91 Å². The second-order valence-electron chi connectivity index (χ2n) is 6.03. The fraction of sp³-hybridized carbons (Fsp3) is 0.263. The van der Waals surface area contributed by atoms with E-state index in [-0.39, 0.29) is 31.0 Å². The Morgan fingerprint density at radius 3 is 2.28 bits per heavy atom. The molecule has 0 radical (unpaired) electrons. The van der Waals surface area contributed by atoms with Gasteiger partial charge >= 0.3 is 5.97 Å². The Kier molecular flexibility index (Phi) is 8.44. The Morgan fingerprint density at radius 2 is 1.66 bits per heavy atom. The average Bonchev–Trinajstić information content (AvgIpc) is 2.67. The van der Waals surface area contributed by atoms with Gasteiger partial charge in [-0.3, -0.25) is 9.59 Å². The predicted octanol–water partition coefficient (Wildman–Crippen LogP) is 1.83. The molecule has 0 bridgehead atoms. The molecule has 0 unspecified atom stereocenters. The van der Waals surface area contributed by atoms with Crippen molar-refractivity contribution in [2.45, 2.75) is 17.7 Å². The first-order valence-electron chi connectivity index (χ1n) is 8.72. The molecule has 3 N–H and O–H groups in total. The maximum absolute atomic E-state index is 12.2. The summed E-state index contributed by atoms with van der Waals surface area (Å²) in [5, 5.41) is 11.4. The van der Waals surface area contributed by atoms with Gasteiger partial charge in [-0.25, -0.2) is 13.1 Å². The van der Waals surface area contributed by atoms with E-state index in [0.717, 1.165) is 5.56 Å². The number of carbonyl (C=O) groups excluding carboxylic acids is 1. The van der Waals surface area contributed by atoms with Crippen molar-refractivity contribution in [1.82, 2.24) is 10.0 Å². The lowest BCUT2D eigenvalue weighted by Crippen LogP contribution is -2.30. The SMILES string of the molecule is O=C(O)CCNC(=O)COc1ccc(CCNS(=O)(=O)c2ccc(Cl)cc2)cc1. The van der Waals surface area contributed by atoms with Crippen molar-refractivity contribution < 1.29 is 27.9 Å². The zero-order valence-electron chi connectivity index (χ0n) is 15.4. The number of amides is 1. The largest absolute Gasteiger partial charge is 0.484 e. The van der Waals surface area contributed by atoms with Gasteiger partial charge in [0.2, 0.25) is 10.0 Å². The predicted molar refractivity (Wildman–Crippen MR) is 108 cm³/mol. The molecule has 1 amide bonds. The van der Waals surface area contributed by atoms with Crippen LogP contribution in [0.5, 0.6) is 5.75 Å². The lowest BCUT2D eigenvalue weighted by atomic mass is 10.1. The summed E-state index contributed by atoms with van der Waals surface area (Å²) in [7, 11) is -3.60. The molecule has 0 aromatic heterocycles. The first-order chi connectivity index (χ1) is 13.8. The smallest absolute Gasteiger partial charge is 0.305 e. The van der Waals surface area contributed by atoms with E-state index in [1.54, 1.807) is 24.3 Å². The molecule has 2 aromatic rings. The van der Waals surface area contributed by atoms with Crippen molar-refractivity contribution in [1.29, 1.82) is 0 Å². The summed E-state index contributed by atoms with van der Waals surface area (Å²) in [5.41, 5.74) is 0.891. The maximum Gasteiger partial charge on any atom is 0.305 e. The zero-order valence-corrected chi connectivity index (χ0v) is 17.0. The number of sulfonamides is 1. The van der Waals surface area contributed by atoms with Gasteiger partial charge in [0.1, 0.15) is 5.75 Å². The molecule has 0 aliphatic carbocycles. The third-order valence-corrected chi connectivity index (χ3v) is 5.51. The molecule has 10 heteroatoms. The molecular formula is C19H21ClN2O6S. The lowest BCUT2D eigenvalue weighted by Gasteiger charge is -2.09. The second-order valence-corrected chi connectivity index (χ2v) is 8.23. The molecule has 0 fully saturated rings. The van der Waals surface area contributed by atoms with Crippen LogP contribution in [0.3, 0.4) is 0 Å². The van der Waals surface area contributed by atoms with Gasteiger partial charge in [-0.1, -0.05) is 23.7 Å². The van der Waals surface area contributed by atoms with Gasteiger partial charge < -0.3 is 15.2 Å². The zero-order chi connectivity index (χ0) is 21.3. The minimum atomic E-state index is -3.60. The monoisotopic (exact) mass is 440 g/mol. The molecule has 2 aromatic carbocycles. The number of benzene rings is 2. The van der Waals surface area contributed by atoms with E-state index >= 15 is 0 Å². The van der Waals surface area contributed by atoms with Crippen LogP contribution in [-0.2, 0) is 26.0 Å². The van der Waals surface area contributed by atoms with Gasteiger partial charge in [-0.2, -0.15) is 0 Å². The Balaban J connectivity index is 1.75. The molecule has 0 heterocycles. The number of carboxylic acids is 1. The Bertz CT molecular complexity index is 930. The van der Waals surface area contributed by atoms with Gasteiger partial charge in [0, 0.05) is 18.1 Å². The van der Waals surface area contributed by atoms with E-state index in [2.05, 4.69) is 10.0 Å². The minimum absolute atomic E-state index is 0.0440. The highest BCUT2D eigenvalue weighted by Gasteiger charge is 2.13. The van der Waals surface area contributed by atoms with Gasteiger partial charge in [0.05, 0.1) is 11.3 Å². The summed E-state index contributed by atoms with van der Waals surface area (Å²) in [4.78, 5) is 22.1. The number of nitrogens with one attached hydrogen (secondary N) is 2. The number of aliphatic carboxylic acids is 1. The molecule has 0 saturated heterocycles. The van der Waals surface area contributed by atoms with E-state index in [1.807, 2.05) is 0 Å². The number of carbonyl (C=O) groups is 2. The van der Waals surface area contributed by atoms with E-state index < -0.39 is 21.9 Å². The van der Waals surface area contributed by atoms with Crippen LogP contribution in [0.4, 0.5) is 0 Å². The van der Waals surface area contributed by atoms with E-state index in [1.165, 1.54) is 24.3 Å². The van der Waals surface area contributed by atoms with Crippen LogP contribution >= 0.6 is 11.6 Å². The highest BCUT2D eigenvalue weighted by Crippen LogP contribution is 2.15. The average molecular weight is 441 g/mol. The Labute approximate surface area is 173 Å². The molecule has 2 rings (SSSR count). The summed E-state index contributed by atoms with van der Waals surface area (Å²) in [6.45, 7) is 0.0411. The standard InChI is InChI=1S/C19H21ClN2O6S/c20-15-3-7-17(8-4-15)29(26,27)22-12-9-14-1-5-16(6-2-14)28-13-18(23)21-11-10-19(24)25/h1-8,22H,9-13H2,(H,21,23)(H,24,25). The summed E-state index contributed by atoms with van der Waals surface area (Å²) in [5.74, 6) is -0.923. The highest BCUT2D eigenvalue weighted by atomic mass is 35.5. The molecule has 0 saturated carbocycles. The molecular weight excluding hydrogens is 420 g/mol. The number of hydrogen-bond acceptors (Lipinski definition) is 5. The first-order valence-corrected chi connectivity index (χ1v) is 10.6. The Morgan fingerprint density at radius 1 is 1.00 bits per heavy atom. The summed E-state index contributed by atoms with van der Waals surface area (Å²) in [6.07, 6.45) is 0.324. The molecule has 0 spiro atoms. The maximum atomic E-state index is 12.2. The highest BCUT2D eigenvalue weighted by molar-refractivity contribution is 7.89. The summed E-state index contributed by atoms with van der Waals surface area (Å²) >= 11 is 5.76. The minimum Gasteiger partial charge on any atom is -0.484 e. The number of carboxylic acid groups (broad SMARTS) is 1. The Hall–Kier alpha value is -2.62. The topological polar surface area (TPSA) is 122 Å². The fourth-order valence-corrected chi connectivity index (χ4v) is 3.45. The van der Waals surface area contributed by atoms with Crippen molar-refractivity contribution in [3.8, 4) is 5.75 Å². The van der Waals surface area contributed by atoms with Gasteiger partial charge in [-0.15, -0.1) is 0 Å². The van der Waals surface area contributed by atoms with Crippen molar-refractivity contribution in [2.75, 3.05) is 19.7 Å². The van der Waals surface area contributed by atoms with Crippen molar-refractivity contribution in [3.63, 3.8) is 0 Å². The van der Waals surface area contributed by atoms with Gasteiger partial charge in [-0.05, 0) is 48.4 Å². The first kappa shape index (κ1) is 22.7. The van der Waals surface area contributed by atoms with Crippen LogP contribution in [0.2, 0.25) is 5.02 Å². The molecule has 0 atom stereocenters. The number of halogens is 1.